The van der Waals surface area contributed by atoms with Gasteiger partial charge in [0.05, 0.1) is 22.5 Å². The summed E-state index contributed by atoms with van der Waals surface area (Å²) in [6.45, 7) is 7.49. The molecule has 0 spiro atoms. The van der Waals surface area contributed by atoms with Crippen LogP contribution in [-0.2, 0) is 4.79 Å². The van der Waals surface area contributed by atoms with Crippen LogP contribution in [0, 0.1) is 13.8 Å². The van der Waals surface area contributed by atoms with Gasteiger partial charge in [-0.3, -0.25) is 14.8 Å². The van der Waals surface area contributed by atoms with Crippen LogP contribution >= 0.6 is 11.6 Å². The molecule has 0 aliphatic heterocycles. The van der Waals surface area contributed by atoms with Crippen LogP contribution < -0.4 is 5.32 Å². The van der Waals surface area contributed by atoms with E-state index in [0.717, 1.165) is 24.2 Å². The lowest BCUT2D eigenvalue weighted by atomic mass is 9.93. The van der Waals surface area contributed by atoms with Crippen molar-refractivity contribution < 1.29 is 9.90 Å². The van der Waals surface area contributed by atoms with Gasteiger partial charge in [-0.05, 0) is 47.0 Å². The zero-order valence-corrected chi connectivity index (χ0v) is 13.2. The fourth-order valence-corrected chi connectivity index (χ4v) is 2.76. The minimum absolute atomic E-state index is 0.0338. The van der Waals surface area contributed by atoms with Crippen LogP contribution in [-0.4, -0.2) is 32.4 Å². The second kappa shape index (κ2) is 5.37. The summed E-state index contributed by atoms with van der Waals surface area (Å²) in [7, 11) is 0. The third kappa shape index (κ3) is 2.99. The molecule has 6 heteroatoms. The van der Waals surface area contributed by atoms with Crippen molar-refractivity contribution in [1.82, 2.24) is 15.1 Å². The summed E-state index contributed by atoms with van der Waals surface area (Å²) < 4.78 is 1.83. The number of halogens is 1. The molecule has 1 aromatic heterocycles. The molecule has 1 fully saturated rings. The summed E-state index contributed by atoms with van der Waals surface area (Å²) in [5.41, 5.74) is 0.735. The van der Waals surface area contributed by atoms with Crippen LogP contribution in [0.15, 0.2) is 0 Å². The molecule has 20 heavy (non-hydrogen) atoms. The molecule has 0 amide bonds. The molecule has 112 valence electrons. The van der Waals surface area contributed by atoms with Gasteiger partial charge in [-0.25, -0.2) is 0 Å². The fourth-order valence-electron chi connectivity index (χ4n) is 2.64. The van der Waals surface area contributed by atoms with Gasteiger partial charge in [0.1, 0.15) is 5.54 Å². The zero-order valence-electron chi connectivity index (χ0n) is 12.4. The molecule has 1 heterocycles. The van der Waals surface area contributed by atoms with Gasteiger partial charge in [0.2, 0.25) is 0 Å². The largest absolute Gasteiger partial charge is 0.480 e. The number of hydrogen-bond acceptors (Lipinski definition) is 3. The third-order valence-corrected chi connectivity index (χ3v) is 4.48. The van der Waals surface area contributed by atoms with Crippen molar-refractivity contribution in [3.8, 4) is 0 Å². The monoisotopic (exact) mass is 299 g/mol. The van der Waals surface area contributed by atoms with Gasteiger partial charge in [0.25, 0.3) is 0 Å². The molecule has 0 aromatic carbocycles. The van der Waals surface area contributed by atoms with E-state index in [4.69, 9.17) is 11.6 Å². The Morgan fingerprint density at radius 3 is 2.60 bits per heavy atom. The summed E-state index contributed by atoms with van der Waals surface area (Å²) in [6, 6.07) is 0.306. The van der Waals surface area contributed by atoms with Crippen molar-refractivity contribution in [2.45, 2.75) is 64.6 Å². The van der Waals surface area contributed by atoms with Crippen LogP contribution in [0.1, 0.15) is 50.5 Å². The van der Waals surface area contributed by atoms with Gasteiger partial charge >= 0.3 is 5.97 Å². The summed E-state index contributed by atoms with van der Waals surface area (Å²) in [6.07, 6.45) is 2.59. The Kier molecular flexibility index (Phi) is 4.12. The van der Waals surface area contributed by atoms with Gasteiger partial charge in [0, 0.05) is 6.04 Å². The van der Waals surface area contributed by atoms with Gasteiger partial charge < -0.3 is 5.11 Å². The normalized spacial score (nSPS) is 19.6. The van der Waals surface area contributed by atoms with Crippen LogP contribution in [0.5, 0.6) is 0 Å². The van der Waals surface area contributed by atoms with E-state index in [1.54, 1.807) is 6.92 Å². The second-order valence-corrected chi connectivity index (χ2v) is 6.42. The first-order valence-corrected chi connectivity index (χ1v) is 7.34. The van der Waals surface area contributed by atoms with E-state index in [9.17, 15) is 9.90 Å². The Morgan fingerprint density at radius 2 is 2.20 bits per heavy atom. The molecular formula is C14H22ClN3O2. The first-order chi connectivity index (χ1) is 9.24. The number of aliphatic carboxylic acids is 1. The van der Waals surface area contributed by atoms with Crippen LogP contribution in [0.4, 0.5) is 0 Å². The molecule has 2 rings (SSSR count). The molecule has 1 aliphatic rings. The summed E-state index contributed by atoms with van der Waals surface area (Å²) in [4.78, 5) is 11.6. The molecule has 1 aromatic rings. The summed E-state index contributed by atoms with van der Waals surface area (Å²) in [5.74, 6) is -0.816. The molecular weight excluding hydrogens is 278 g/mol. The average molecular weight is 300 g/mol. The van der Waals surface area contributed by atoms with E-state index >= 15 is 0 Å². The zero-order chi connectivity index (χ0) is 15.1. The smallest absolute Gasteiger partial charge is 0.323 e. The predicted molar refractivity (Wildman–Crippen MR) is 78.2 cm³/mol. The molecule has 2 N–H and O–H groups in total. The van der Waals surface area contributed by atoms with E-state index in [2.05, 4.69) is 10.4 Å². The molecule has 2 unspecified atom stereocenters. The van der Waals surface area contributed by atoms with E-state index in [-0.39, 0.29) is 6.04 Å². The van der Waals surface area contributed by atoms with E-state index < -0.39 is 11.5 Å². The number of aryl methyl sites for hydroxylation is 1. The number of carbonyl (C=O) groups is 1. The molecule has 0 bridgehead atoms. The minimum Gasteiger partial charge on any atom is -0.480 e. The quantitative estimate of drug-likeness (QED) is 0.847. The Labute approximate surface area is 124 Å². The number of rotatable bonds is 6. The Balaban J connectivity index is 2.17. The van der Waals surface area contributed by atoms with Gasteiger partial charge in [-0.1, -0.05) is 11.6 Å². The topological polar surface area (TPSA) is 67.2 Å². The van der Waals surface area contributed by atoms with E-state index in [1.165, 1.54) is 0 Å². The highest BCUT2D eigenvalue weighted by molar-refractivity contribution is 6.31. The highest BCUT2D eigenvalue weighted by Crippen LogP contribution is 2.30. The Bertz CT molecular complexity index is 525. The van der Waals surface area contributed by atoms with Crippen LogP contribution in [0.25, 0.3) is 0 Å². The van der Waals surface area contributed by atoms with Gasteiger partial charge in [-0.2, -0.15) is 5.10 Å². The molecule has 1 aliphatic carbocycles. The fraction of sp³-hybridized carbons (Fsp3) is 0.714. The molecule has 0 saturated heterocycles. The van der Waals surface area contributed by atoms with Crippen LogP contribution in [0.2, 0.25) is 5.02 Å². The van der Waals surface area contributed by atoms with Crippen LogP contribution in [0.3, 0.4) is 0 Å². The first kappa shape index (κ1) is 15.3. The van der Waals surface area contributed by atoms with Crippen molar-refractivity contribution in [3.63, 3.8) is 0 Å². The van der Waals surface area contributed by atoms with Crippen molar-refractivity contribution in [1.29, 1.82) is 0 Å². The number of carboxylic acids is 1. The summed E-state index contributed by atoms with van der Waals surface area (Å²) in [5, 5.41) is 17.8. The third-order valence-electron chi connectivity index (χ3n) is 3.93. The van der Waals surface area contributed by atoms with Crippen molar-refractivity contribution in [3.05, 3.63) is 16.4 Å². The maximum absolute atomic E-state index is 11.6. The van der Waals surface area contributed by atoms with Gasteiger partial charge in [-0.15, -0.1) is 0 Å². The standard InChI is InChI=1S/C14H22ClN3O2/c1-8(18-10(3)12(15)9(2)17-18)7-14(4,13(19)20)16-11-5-6-11/h8,11,16H,5-7H2,1-4H3,(H,19,20). The number of nitrogens with one attached hydrogen (secondary N) is 1. The predicted octanol–water partition coefficient (Wildman–Crippen LogP) is 2.70. The average Bonchev–Trinajstić information content (AvgIpc) is 3.12. The molecule has 1 saturated carbocycles. The van der Waals surface area contributed by atoms with Gasteiger partial charge in [0.15, 0.2) is 0 Å². The number of nitrogens with zero attached hydrogens (tertiary/aromatic N) is 2. The second-order valence-electron chi connectivity index (χ2n) is 6.04. The highest BCUT2D eigenvalue weighted by Gasteiger charge is 2.40. The Morgan fingerprint density at radius 1 is 1.60 bits per heavy atom. The number of aromatic nitrogens is 2. The lowest BCUT2D eigenvalue weighted by molar-refractivity contribution is -0.145. The first-order valence-electron chi connectivity index (χ1n) is 6.97. The molecule has 2 atom stereocenters. The van der Waals surface area contributed by atoms with Crippen molar-refractivity contribution >= 4 is 17.6 Å². The maximum atomic E-state index is 11.6. The Hall–Kier alpha value is -1.07. The van der Waals surface area contributed by atoms with Crippen molar-refractivity contribution in [2.75, 3.05) is 0 Å². The maximum Gasteiger partial charge on any atom is 0.323 e. The number of hydrogen-bond donors (Lipinski definition) is 2. The number of carboxylic acid groups (broad SMARTS) is 1. The molecule has 0 radical (unpaired) electrons. The van der Waals surface area contributed by atoms with E-state index in [0.29, 0.717) is 17.5 Å². The highest BCUT2D eigenvalue weighted by atomic mass is 35.5. The minimum atomic E-state index is -0.931. The van der Waals surface area contributed by atoms with Crippen molar-refractivity contribution in [2.24, 2.45) is 0 Å². The molecule has 5 nitrogen and oxygen atoms in total. The summed E-state index contributed by atoms with van der Waals surface area (Å²) >= 11 is 6.16. The van der Waals surface area contributed by atoms with E-state index in [1.807, 2.05) is 25.5 Å². The lowest BCUT2D eigenvalue weighted by Crippen LogP contribution is -2.51. The SMILES string of the molecule is Cc1nn(C(C)CC(C)(NC2CC2)C(=O)O)c(C)c1Cl. The lowest BCUT2D eigenvalue weighted by Gasteiger charge is -2.30.